The van der Waals surface area contributed by atoms with E-state index in [4.69, 9.17) is 16.8 Å². The summed E-state index contributed by atoms with van der Waals surface area (Å²) in [6, 6.07) is 18.7. The van der Waals surface area contributed by atoms with Crippen LogP contribution in [0.1, 0.15) is 18.4 Å². The van der Waals surface area contributed by atoms with Gasteiger partial charge in [0.15, 0.2) is 0 Å². The summed E-state index contributed by atoms with van der Waals surface area (Å²) >= 11 is 0. The second-order valence-electron chi connectivity index (χ2n) is 7.66. The molecule has 0 aromatic heterocycles. The lowest BCUT2D eigenvalue weighted by molar-refractivity contribution is -0.130. The molecule has 1 unspecified atom stereocenters. The number of carbonyl (C=O) groups is 2. The molecule has 0 bridgehead atoms. The monoisotopic (exact) mass is 451 g/mol. The van der Waals surface area contributed by atoms with Gasteiger partial charge in [0.1, 0.15) is 5.82 Å². The zero-order chi connectivity index (χ0) is 23.8. The molecule has 0 radical (unpaired) electrons. The molecule has 3 aromatic rings. The van der Waals surface area contributed by atoms with Gasteiger partial charge >= 0.3 is 0 Å². The van der Waals surface area contributed by atoms with Gasteiger partial charge in [0, 0.05) is 17.6 Å². The number of anilines is 1. The molecule has 0 aliphatic carbocycles. The van der Waals surface area contributed by atoms with E-state index in [-0.39, 0.29) is 18.5 Å². The highest BCUT2D eigenvalue weighted by Gasteiger charge is 2.19. The fourth-order valence-electron chi connectivity index (χ4n) is 3.45. The smallest absolute Gasteiger partial charge is 0.245 e. The number of hydrazine groups is 1. The third-order valence-electron chi connectivity index (χ3n) is 5.06. The number of amides is 2. The van der Waals surface area contributed by atoms with Crippen LogP contribution in [0.25, 0.3) is 10.8 Å². The van der Waals surface area contributed by atoms with E-state index in [1.54, 1.807) is 5.48 Å². The molecule has 0 aliphatic heterocycles. The van der Waals surface area contributed by atoms with Crippen LogP contribution in [0.3, 0.4) is 0 Å². The van der Waals surface area contributed by atoms with Gasteiger partial charge in [-0.2, -0.15) is 0 Å². The average Bonchev–Trinajstić information content (AvgIpc) is 2.79. The Morgan fingerprint density at radius 1 is 1.03 bits per heavy atom. The minimum atomic E-state index is -0.600. The summed E-state index contributed by atoms with van der Waals surface area (Å²) in [4.78, 5) is 24.1. The summed E-state index contributed by atoms with van der Waals surface area (Å²) in [5.41, 5.74) is 9.16. The van der Waals surface area contributed by atoms with Crippen molar-refractivity contribution < 1.29 is 19.2 Å². The number of rotatable bonds is 9. The normalized spacial score (nSPS) is 12.3. The van der Waals surface area contributed by atoms with Crippen LogP contribution in [0, 0.1) is 5.82 Å². The van der Waals surface area contributed by atoms with Crippen molar-refractivity contribution in [1.29, 1.82) is 0 Å². The van der Waals surface area contributed by atoms with Crippen LogP contribution in [-0.2, 0) is 16.0 Å². The maximum absolute atomic E-state index is 13.0. The Bertz CT molecular complexity index is 1150. The van der Waals surface area contributed by atoms with Crippen molar-refractivity contribution in [2.75, 3.05) is 5.32 Å². The first-order chi connectivity index (χ1) is 15.8. The highest BCUT2D eigenvalue weighted by atomic mass is 19.1. The molecule has 3 aromatic carbocycles. The molecule has 0 saturated heterocycles. The van der Waals surface area contributed by atoms with Crippen molar-refractivity contribution in [3.8, 4) is 0 Å². The summed E-state index contributed by atoms with van der Waals surface area (Å²) in [6.07, 6.45) is 1.55. The van der Waals surface area contributed by atoms with E-state index in [0.29, 0.717) is 12.1 Å². The third-order valence-corrected chi connectivity index (χ3v) is 5.06. The lowest BCUT2D eigenvalue weighted by Crippen LogP contribution is -2.42. The number of carbonyl (C=O) groups excluding carboxylic acids is 2. The molecular weight excluding hydrogens is 425 g/mol. The molecule has 0 heterocycles. The number of nitrogens with two attached hydrogens (primary N) is 2. The van der Waals surface area contributed by atoms with Crippen molar-refractivity contribution in [3.63, 3.8) is 0 Å². The molecule has 33 heavy (non-hydrogen) atoms. The van der Waals surface area contributed by atoms with Crippen LogP contribution < -0.4 is 22.4 Å². The van der Waals surface area contributed by atoms with E-state index < -0.39 is 23.7 Å². The van der Waals surface area contributed by atoms with Crippen LogP contribution >= 0.6 is 0 Å². The van der Waals surface area contributed by atoms with Crippen molar-refractivity contribution in [2.24, 2.45) is 11.6 Å². The first-order valence-corrected chi connectivity index (χ1v) is 10.3. The zero-order valence-corrected chi connectivity index (χ0v) is 17.9. The molecule has 9 heteroatoms. The van der Waals surface area contributed by atoms with Gasteiger partial charge in [-0.3, -0.25) is 14.8 Å². The number of hydrogen-bond donors (Lipinski definition) is 5. The van der Waals surface area contributed by atoms with E-state index in [9.17, 15) is 14.0 Å². The van der Waals surface area contributed by atoms with Crippen LogP contribution in [0.15, 0.2) is 78.6 Å². The number of hydrogen-bond acceptors (Lipinski definition) is 6. The Kier molecular flexibility index (Phi) is 7.96. The standard InChI is InChI=1S/C24H26FN5O3/c25-19-7-9-21(10-8-19)28-23(31)13-20(26)15-30(27)22(14-24(32)29-33)12-16-5-6-17-3-1-2-4-18(17)11-16/h1-11,15,22,33H,12-14,26-27H2,(H,28,31)(H,29,32)/b20-15-. The van der Waals surface area contributed by atoms with E-state index in [1.807, 2.05) is 42.5 Å². The van der Waals surface area contributed by atoms with Gasteiger partial charge in [0.25, 0.3) is 0 Å². The van der Waals surface area contributed by atoms with E-state index in [1.165, 1.54) is 35.5 Å². The largest absolute Gasteiger partial charge is 0.400 e. The van der Waals surface area contributed by atoms with Gasteiger partial charge in [0.05, 0.1) is 18.9 Å². The maximum Gasteiger partial charge on any atom is 0.245 e. The number of benzene rings is 3. The van der Waals surface area contributed by atoms with E-state index in [0.717, 1.165) is 16.3 Å². The molecule has 0 saturated carbocycles. The maximum atomic E-state index is 13.0. The van der Waals surface area contributed by atoms with Gasteiger partial charge in [-0.15, -0.1) is 0 Å². The topological polar surface area (TPSA) is 134 Å². The summed E-state index contributed by atoms with van der Waals surface area (Å²) in [6.45, 7) is 0. The van der Waals surface area contributed by atoms with Crippen LogP contribution in [0.4, 0.5) is 10.1 Å². The van der Waals surface area contributed by atoms with Crippen molar-refractivity contribution in [1.82, 2.24) is 10.5 Å². The zero-order valence-electron chi connectivity index (χ0n) is 17.9. The summed E-state index contributed by atoms with van der Waals surface area (Å²) in [7, 11) is 0. The first-order valence-electron chi connectivity index (χ1n) is 10.3. The molecule has 2 amide bonds. The molecule has 0 spiro atoms. The minimum Gasteiger partial charge on any atom is -0.400 e. The molecule has 0 fully saturated rings. The van der Waals surface area contributed by atoms with Crippen molar-refractivity contribution in [3.05, 3.63) is 90.0 Å². The molecule has 8 nitrogen and oxygen atoms in total. The predicted molar refractivity (Wildman–Crippen MR) is 124 cm³/mol. The van der Waals surface area contributed by atoms with Gasteiger partial charge < -0.3 is 16.1 Å². The quantitative estimate of drug-likeness (QED) is 0.193. The Hall–Kier alpha value is -3.95. The highest BCUT2D eigenvalue weighted by Crippen LogP contribution is 2.19. The fourth-order valence-corrected chi connectivity index (χ4v) is 3.45. The molecule has 7 N–H and O–H groups in total. The fraction of sp³-hybridized carbons (Fsp3) is 0.167. The summed E-state index contributed by atoms with van der Waals surface area (Å²) in [5.74, 6) is 4.76. The van der Waals surface area contributed by atoms with E-state index >= 15 is 0 Å². The Balaban J connectivity index is 1.69. The molecule has 172 valence electrons. The van der Waals surface area contributed by atoms with Crippen molar-refractivity contribution >= 4 is 28.3 Å². The predicted octanol–water partition coefficient (Wildman–Crippen LogP) is 2.79. The third kappa shape index (κ3) is 7.03. The van der Waals surface area contributed by atoms with Crippen LogP contribution in [-0.4, -0.2) is 28.1 Å². The van der Waals surface area contributed by atoms with Crippen LogP contribution in [0.5, 0.6) is 0 Å². The second kappa shape index (κ2) is 11.1. The highest BCUT2D eigenvalue weighted by molar-refractivity contribution is 5.92. The lowest BCUT2D eigenvalue weighted by Gasteiger charge is -2.26. The van der Waals surface area contributed by atoms with Gasteiger partial charge in [-0.25, -0.2) is 15.7 Å². The summed E-state index contributed by atoms with van der Waals surface area (Å²) < 4.78 is 13.0. The molecule has 0 aliphatic rings. The van der Waals surface area contributed by atoms with Gasteiger partial charge in [0.2, 0.25) is 11.8 Å². The number of nitrogens with one attached hydrogen (secondary N) is 2. The molecule has 3 rings (SSSR count). The Labute approximate surface area is 190 Å². The van der Waals surface area contributed by atoms with Gasteiger partial charge in [-0.1, -0.05) is 42.5 Å². The second-order valence-corrected chi connectivity index (χ2v) is 7.66. The number of fused-ring (bicyclic) bond motifs is 1. The van der Waals surface area contributed by atoms with Gasteiger partial charge in [-0.05, 0) is 47.0 Å². The number of nitrogens with zero attached hydrogens (tertiary/aromatic N) is 1. The average molecular weight is 452 g/mol. The molecular formula is C24H26FN5O3. The summed E-state index contributed by atoms with van der Waals surface area (Å²) in [5, 5.41) is 15.0. The lowest BCUT2D eigenvalue weighted by atomic mass is 9.99. The Morgan fingerprint density at radius 3 is 2.42 bits per heavy atom. The number of hydroxylamine groups is 1. The minimum absolute atomic E-state index is 0.0919. The SMILES string of the molecule is N/C(=C\N(N)C(CC(=O)NO)Cc1ccc2ccccc2c1)CC(=O)Nc1ccc(F)cc1. The van der Waals surface area contributed by atoms with E-state index in [2.05, 4.69) is 5.32 Å². The Morgan fingerprint density at radius 2 is 1.73 bits per heavy atom. The number of halogens is 1. The van der Waals surface area contributed by atoms with Crippen molar-refractivity contribution in [2.45, 2.75) is 25.3 Å². The van der Waals surface area contributed by atoms with Crippen LogP contribution in [0.2, 0.25) is 0 Å². The molecule has 1 atom stereocenters. The first kappa shape index (κ1) is 23.7.